The van der Waals surface area contributed by atoms with Crippen LogP contribution in [0, 0.1) is 13.8 Å². The van der Waals surface area contributed by atoms with Crippen LogP contribution < -0.4 is 5.32 Å². The van der Waals surface area contributed by atoms with Gasteiger partial charge in [0.05, 0.1) is 11.3 Å². The van der Waals surface area contributed by atoms with E-state index in [1.54, 1.807) is 11.3 Å². The summed E-state index contributed by atoms with van der Waals surface area (Å²) in [7, 11) is 0. The molecule has 0 aromatic carbocycles. The number of nitrogens with zero attached hydrogens (tertiary/aromatic N) is 3. The maximum atomic E-state index is 12.8. The van der Waals surface area contributed by atoms with E-state index < -0.39 is 0 Å². The van der Waals surface area contributed by atoms with E-state index in [0.717, 1.165) is 62.7 Å². The lowest BCUT2D eigenvalue weighted by Crippen LogP contribution is -2.40. The second kappa shape index (κ2) is 8.35. The van der Waals surface area contributed by atoms with Crippen molar-refractivity contribution < 1.29 is 9.32 Å². The molecule has 0 unspecified atom stereocenters. The summed E-state index contributed by atoms with van der Waals surface area (Å²) in [5.74, 6) is 1.00. The van der Waals surface area contributed by atoms with Crippen LogP contribution in [-0.4, -0.2) is 53.1 Å². The topological polar surface area (TPSA) is 61.6 Å². The first kappa shape index (κ1) is 19.6. The number of aryl methyl sites for hydroxylation is 2. The average Bonchev–Trinajstić information content (AvgIpc) is 3.40. The molecule has 2 aliphatic heterocycles. The van der Waals surface area contributed by atoms with Crippen molar-refractivity contribution in [3.05, 3.63) is 38.4 Å². The number of hydrogen-bond acceptors (Lipinski definition) is 6. The molecule has 1 atom stereocenters. The molecular weight excluding hydrogens is 372 g/mol. The molecule has 4 heterocycles. The number of carbonyl (C=O) groups is 1. The van der Waals surface area contributed by atoms with Crippen LogP contribution in [0.1, 0.15) is 57.6 Å². The Balaban J connectivity index is 1.37. The van der Waals surface area contributed by atoms with Crippen LogP contribution in [0.2, 0.25) is 0 Å². The monoisotopic (exact) mass is 402 g/mol. The molecule has 1 saturated heterocycles. The van der Waals surface area contributed by atoms with Crippen molar-refractivity contribution in [1.29, 1.82) is 0 Å². The zero-order chi connectivity index (χ0) is 19.7. The minimum Gasteiger partial charge on any atom is -0.361 e. The van der Waals surface area contributed by atoms with Gasteiger partial charge in [0.1, 0.15) is 5.76 Å². The predicted molar refractivity (Wildman–Crippen MR) is 111 cm³/mol. The molecule has 152 valence electrons. The predicted octanol–water partition coefficient (Wildman–Crippen LogP) is 3.13. The zero-order valence-electron chi connectivity index (χ0n) is 17.1. The first-order valence-corrected chi connectivity index (χ1v) is 11.2. The Morgan fingerprint density at radius 3 is 3.00 bits per heavy atom. The molecule has 1 N–H and O–H groups in total. The summed E-state index contributed by atoms with van der Waals surface area (Å²) in [6.45, 7) is 11.9. The van der Waals surface area contributed by atoms with Gasteiger partial charge in [-0.15, -0.1) is 11.3 Å². The van der Waals surface area contributed by atoms with Gasteiger partial charge in [-0.25, -0.2) is 0 Å². The molecule has 2 aliphatic rings. The third-order valence-corrected chi connectivity index (χ3v) is 7.25. The Kier molecular flexibility index (Phi) is 5.85. The largest absolute Gasteiger partial charge is 0.361 e. The van der Waals surface area contributed by atoms with Crippen LogP contribution in [0.25, 0.3) is 0 Å². The van der Waals surface area contributed by atoms with Gasteiger partial charge in [0.25, 0.3) is 5.91 Å². The summed E-state index contributed by atoms with van der Waals surface area (Å²) in [6.07, 6.45) is 3.35. The number of thiophene rings is 1. The summed E-state index contributed by atoms with van der Waals surface area (Å²) in [5.41, 5.74) is 4.30. The number of likely N-dealkylation sites (tertiary alicyclic amines) is 1. The van der Waals surface area contributed by atoms with Crippen molar-refractivity contribution in [3.63, 3.8) is 0 Å². The Bertz CT molecular complexity index is 824. The molecule has 7 heteroatoms. The number of amides is 1. The Morgan fingerprint density at radius 2 is 2.25 bits per heavy atom. The number of carbonyl (C=O) groups excluding carboxylic acids is 1. The molecule has 0 radical (unpaired) electrons. The number of aromatic nitrogens is 1. The third-order valence-electron chi connectivity index (χ3n) is 6.24. The van der Waals surface area contributed by atoms with Crippen molar-refractivity contribution in [1.82, 2.24) is 20.3 Å². The van der Waals surface area contributed by atoms with Crippen molar-refractivity contribution in [2.45, 2.75) is 59.2 Å². The molecule has 0 spiro atoms. The maximum Gasteiger partial charge on any atom is 0.252 e. The fourth-order valence-corrected chi connectivity index (χ4v) is 5.63. The van der Waals surface area contributed by atoms with Crippen molar-refractivity contribution in [3.8, 4) is 0 Å². The first-order chi connectivity index (χ1) is 13.6. The molecule has 0 bridgehead atoms. The zero-order valence-corrected chi connectivity index (χ0v) is 17.9. The Labute approximate surface area is 170 Å². The minimum atomic E-state index is 0.0969. The van der Waals surface area contributed by atoms with Crippen molar-refractivity contribution >= 4 is 17.2 Å². The summed E-state index contributed by atoms with van der Waals surface area (Å²) in [5, 5.41) is 9.31. The molecular formula is C21H30N4O2S. The maximum absolute atomic E-state index is 12.8. The summed E-state index contributed by atoms with van der Waals surface area (Å²) in [4.78, 5) is 19.0. The van der Waals surface area contributed by atoms with E-state index in [1.807, 2.05) is 19.2 Å². The second-order valence-electron chi connectivity index (χ2n) is 7.95. The number of hydrogen-bond donors (Lipinski definition) is 1. The quantitative estimate of drug-likeness (QED) is 0.804. The molecule has 28 heavy (non-hydrogen) atoms. The van der Waals surface area contributed by atoms with Crippen LogP contribution in [0.15, 0.2) is 9.90 Å². The van der Waals surface area contributed by atoms with E-state index >= 15 is 0 Å². The number of nitrogens with one attached hydrogen (secondary N) is 1. The van der Waals surface area contributed by atoms with E-state index in [2.05, 4.69) is 27.2 Å². The molecule has 0 saturated carbocycles. The smallest absolute Gasteiger partial charge is 0.252 e. The lowest BCUT2D eigenvalue weighted by atomic mass is 10.0. The summed E-state index contributed by atoms with van der Waals surface area (Å²) >= 11 is 1.72. The Morgan fingerprint density at radius 1 is 1.39 bits per heavy atom. The molecule has 6 nitrogen and oxygen atoms in total. The normalized spacial score (nSPS) is 20.5. The fourth-order valence-electron chi connectivity index (χ4n) is 4.51. The number of rotatable bonds is 6. The average molecular weight is 403 g/mol. The second-order valence-corrected chi connectivity index (χ2v) is 8.91. The van der Waals surface area contributed by atoms with Gasteiger partial charge in [0, 0.05) is 48.0 Å². The van der Waals surface area contributed by atoms with Crippen LogP contribution in [0.5, 0.6) is 0 Å². The van der Waals surface area contributed by atoms with Gasteiger partial charge in [-0.1, -0.05) is 12.1 Å². The Hall–Kier alpha value is -1.70. The van der Waals surface area contributed by atoms with Crippen molar-refractivity contribution in [2.24, 2.45) is 0 Å². The van der Waals surface area contributed by atoms with Gasteiger partial charge in [0.2, 0.25) is 0 Å². The SMILES string of the molecule is CCN1CCC[C@H]1CNC(=O)c1csc2c1CCN(Cc1c(C)noc1C)C2. The lowest BCUT2D eigenvalue weighted by molar-refractivity contribution is 0.0940. The van der Waals surface area contributed by atoms with E-state index in [4.69, 9.17) is 4.52 Å². The highest BCUT2D eigenvalue weighted by Crippen LogP contribution is 2.30. The van der Waals surface area contributed by atoms with E-state index in [9.17, 15) is 4.79 Å². The van der Waals surface area contributed by atoms with Crippen LogP contribution in [0.4, 0.5) is 0 Å². The van der Waals surface area contributed by atoms with Crippen molar-refractivity contribution in [2.75, 3.05) is 26.2 Å². The summed E-state index contributed by atoms with van der Waals surface area (Å²) < 4.78 is 5.30. The third kappa shape index (κ3) is 3.88. The van der Waals surface area contributed by atoms with Crippen LogP contribution in [0.3, 0.4) is 0 Å². The molecule has 2 aromatic heterocycles. The molecule has 1 amide bonds. The minimum absolute atomic E-state index is 0.0969. The van der Waals surface area contributed by atoms with Gasteiger partial charge in [-0.3, -0.25) is 14.6 Å². The molecule has 1 fully saturated rings. The highest BCUT2D eigenvalue weighted by molar-refractivity contribution is 7.10. The number of fused-ring (bicyclic) bond motifs is 1. The molecule has 0 aliphatic carbocycles. The van der Waals surface area contributed by atoms with Crippen LogP contribution >= 0.6 is 11.3 Å². The molecule has 2 aromatic rings. The van der Waals surface area contributed by atoms with Gasteiger partial charge in [-0.2, -0.15) is 0 Å². The van der Waals surface area contributed by atoms with Gasteiger partial charge < -0.3 is 9.84 Å². The fraction of sp³-hybridized carbons (Fsp3) is 0.619. The molecule has 4 rings (SSSR count). The van der Waals surface area contributed by atoms with Gasteiger partial charge in [-0.05, 0) is 51.8 Å². The highest BCUT2D eigenvalue weighted by atomic mass is 32.1. The lowest BCUT2D eigenvalue weighted by Gasteiger charge is -2.27. The standard InChI is InChI=1S/C21H30N4O2S/c1-4-25-8-5-6-16(25)10-22-21(26)19-13-28-20-12-24(9-7-17(19)20)11-18-14(2)23-27-15(18)3/h13,16H,4-12H2,1-3H3,(H,22,26)/t16-/m0/s1. The highest BCUT2D eigenvalue weighted by Gasteiger charge is 2.27. The summed E-state index contributed by atoms with van der Waals surface area (Å²) in [6, 6.07) is 0.494. The van der Waals surface area contributed by atoms with E-state index in [-0.39, 0.29) is 5.91 Å². The van der Waals surface area contributed by atoms with Gasteiger partial charge in [0.15, 0.2) is 0 Å². The first-order valence-electron chi connectivity index (χ1n) is 10.3. The van der Waals surface area contributed by atoms with Crippen LogP contribution in [-0.2, 0) is 19.5 Å². The number of likely N-dealkylation sites (N-methyl/N-ethyl adjacent to an activating group) is 1. The van der Waals surface area contributed by atoms with E-state index in [1.165, 1.54) is 28.8 Å². The van der Waals surface area contributed by atoms with E-state index in [0.29, 0.717) is 6.04 Å². The van der Waals surface area contributed by atoms with Gasteiger partial charge >= 0.3 is 0 Å².